The molecular weight excluding hydrogens is 753 g/mol. The molecule has 8 rings (SSSR count). The van der Waals surface area contributed by atoms with Gasteiger partial charge in [-0.25, -0.2) is 0 Å². The molecule has 0 aliphatic carbocycles. The lowest BCUT2D eigenvalue weighted by Crippen LogP contribution is -2.12. The van der Waals surface area contributed by atoms with Crippen molar-refractivity contribution >= 4 is 43.1 Å². The Balaban J connectivity index is 0.884. The molecule has 0 spiro atoms. The van der Waals surface area contributed by atoms with Crippen molar-refractivity contribution in [2.24, 2.45) is 0 Å². The van der Waals surface area contributed by atoms with Crippen LogP contribution in [0.15, 0.2) is 182 Å². The number of hydrogen-bond donors (Lipinski definition) is 2. The van der Waals surface area contributed by atoms with Crippen LogP contribution in [-0.4, -0.2) is 49.9 Å². The van der Waals surface area contributed by atoms with Gasteiger partial charge in [-0.1, -0.05) is 117 Å². The maximum absolute atomic E-state index is 10.5. The molecule has 8 nitrogen and oxygen atoms in total. The fraction of sp³-hybridized carbons (Fsp3) is 0.115. The molecule has 0 aliphatic rings. The number of ether oxygens (including phenoxy) is 6. The highest BCUT2D eigenvalue weighted by Crippen LogP contribution is 2.37. The molecule has 0 radical (unpaired) electrons. The Morgan fingerprint density at radius 1 is 0.300 bits per heavy atom. The molecule has 0 aliphatic heterocycles. The van der Waals surface area contributed by atoms with Crippen LogP contribution in [0.25, 0.3) is 43.1 Å². The van der Waals surface area contributed by atoms with Gasteiger partial charge in [-0.15, -0.1) is 0 Å². The zero-order chi connectivity index (χ0) is 41.4. The van der Waals surface area contributed by atoms with E-state index in [4.69, 9.17) is 28.4 Å². The van der Waals surface area contributed by atoms with E-state index in [1.165, 1.54) is 0 Å². The summed E-state index contributed by atoms with van der Waals surface area (Å²) in [5.41, 5.74) is 2.04. The van der Waals surface area contributed by atoms with Crippen molar-refractivity contribution in [1.29, 1.82) is 0 Å². The monoisotopic (exact) mass is 796 g/mol. The van der Waals surface area contributed by atoms with Crippen LogP contribution in [0.5, 0.6) is 46.0 Å². The summed E-state index contributed by atoms with van der Waals surface area (Å²) in [5.74, 6) is 3.06. The maximum atomic E-state index is 10.5. The Morgan fingerprint density at radius 3 is 0.717 bits per heavy atom. The quantitative estimate of drug-likeness (QED) is 0.0829. The molecule has 300 valence electrons. The van der Waals surface area contributed by atoms with Crippen LogP contribution in [0.3, 0.4) is 0 Å². The van der Waals surface area contributed by atoms with Crippen molar-refractivity contribution in [3.63, 3.8) is 0 Å². The van der Waals surface area contributed by atoms with Gasteiger partial charge in [0.25, 0.3) is 0 Å². The molecule has 8 heteroatoms. The third-order valence-corrected chi connectivity index (χ3v) is 9.87. The Morgan fingerprint density at radius 2 is 0.483 bits per heavy atom. The average molecular weight is 797 g/mol. The molecule has 0 bridgehead atoms. The summed E-state index contributed by atoms with van der Waals surface area (Å²) in [6.45, 7) is 13.5. The lowest BCUT2D eigenvalue weighted by Gasteiger charge is -2.18. The molecule has 0 aromatic heterocycles. The molecule has 0 saturated carbocycles. The van der Waals surface area contributed by atoms with Gasteiger partial charge < -0.3 is 38.6 Å². The van der Waals surface area contributed by atoms with Crippen molar-refractivity contribution in [2.45, 2.75) is 0 Å². The van der Waals surface area contributed by atoms with E-state index in [9.17, 15) is 10.2 Å². The van der Waals surface area contributed by atoms with Crippen LogP contribution in [0.2, 0.25) is 0 Å². The fourth-order valence-corrected chi connectivity index (χ4v) is 6.70. The average Bonchev–Trinajstić information content (AvgIpc) is 3.26. The van der Waals surface area contributed by atoms with E-state index in [1.54, 1.807) is 12.1 Å². The molecule has 0 heterocycles. The molecule has 60 heavy (non-hydrogen) atoms. The SMILES string of the molecule is C=C(COc1cc2ccccc2cc1O)COc1cc2ccccc2cc1OCC(=C)COc1cc2ccccc2cc1OCC(=C)COc1cc2ccccc2cc1O. The van der Waals surface area contributed by atoms with Crippen LogP contribution >= 0.6 is 0 Å². The Labute approximate surface area is 348 Å². The number of benzene rings is 8. The van der Waals surface area contributed by atoms with Gasteiger partial charge in [-0.2, -0.15) is 0 Å². The molecule has 0 fully saturated rings. The summed E-state index contributed by atoms with van der Waals surface area (Å²) in [4.78, 5) is 0. The number of phenolic OH excluding ortho intramolecular Hbond substituents is 2. The number of fused-ring (bicyclic) bond motifs is 4. The second kappa shape index (κ2) is 17.9. The van der Waals surface area contributed by atoms with Crippen molar-refractivity contribution in [1.82, 2.24) is 0 Å². The van der Waals surface area contributed by atoms with Crippen molar-refractivity contribution in [3.8, 4) is 46.0 Å². The fourth-order valence-electron chi connectivity index (χ4n) is 6.70. The molecule has 2 N–H and O–H groups in total. The third-order valence-electron chi connectivity index (χ3n) is 9.87. The van der Waals surface area contributed by atoms with Gasteiger partial charge in [-0.05, 0) is 108 Å². The summed E-state index contributed by atoms with van der Waals surface area (Å²) in [5, 5.41) is 28.8. The lowest BCUT2D eigenvalue weighted by atomic mass is 10.1. The van der Waals surface area contributed by atoms with Gasteiger partial charge in [0.2, 0.25) is 0 Å². The first kappa shape index (κ1) is 39.3. The number of aromatic hydroxyl groups is 2. The second-order valence-electron chi connectivity index (χ2n) is 14.6. The van der Waals surface area contributed by atoms with E-state index in [2.05, 4.69) is 19.7 Å². The first-order valence-electron chi connectivity index (χ1n) is 19.5. The van der Waals surface area contributed by atoms with Gasteiger partial charge in [0.1, 0.15) is 39.6 Å². The summed E-state index contributed by atoms with van der Waals surface area (Å²) < 4.78 is 37.0. The van der Waals surface area contributed by atoms with Gasteiger partial charge in [0.15, 0.2) is 46.0 Å². The third kappa shape index (κ3) is 9.41. The normalized spacial score (nSPS) is 11.1. The largest absolute Gasteiger partial charge is 0.504 e. The van der Waals surface area contributed by atoms with Crippen LogP contribution in [0.1, 0.15) is 0 Å². The summed E-state index contributed by atoms with van der Waals surface area (Å²) >= 11 is 0. The smallest absolute Gasteiger partial charge is 0.162 e. The van der Waals surface area contributed by atoms with Crippen LogP contribution in [0.4, 0.5) is 0 Å². The van der Waals surface area contributed by atoms with Crippen molar-refractivity contribution < 1.29 is 38.6 Å². The highest BCUT2D eigenvalue weighted by Gasteiger charge is 2.14. The summed E-state index contributed by atoms with van der Waals surface area (Å²) in [6.07, 6.45) is 0. The standard InChI is InChI=1S/C52H44O8/c1-34(28-55-47-22-39-14-6-4-12-37(39)20-45(47)53)30-57-49-24-41-16-8-10-18-43(41)26-51(49)59-32-36(3)33-60-52-27-44-19-11-9-17-42(44)25-50(52)58-31-35(2)29-56-48-23-40-15-7-5-13-38(40)21-46(48)54/h4-27,53-54H,1-3,28-33H2. The highest BCUT2D eigenvalue weighted by molar-refractivity contribution is 5.88. The molecule has 8 aromatic rings. The maximum Gasteiger partial charge on any atom is 0.162 e. The van der Waals surface area contributed by atoms with Gasteiger partial charge >= 0.3 is 0 Å². The molecule has 0 amide bonds. The number of rotatable bonds is 18. The summed E-state index contributed by atoms with van der Waals surface area (Å²) in [7, 11) is 0. The second-order valence-corrected chi connectivity index (χ2v) is 14.6. The molecule has 8 aromatic carbocycles. The van der Waals surface area contributed by atoms with Crippen LogP contribution < -0.4 is 28.4 Å². The predicted molar refractivity (Wildman–Crippen MR) is 240 cm³/mol. The minimum absolute atomic E-state index is 0.0633. The Bertz CT molecular complexity index is 2680. The molecule has 0 atom stereocenters. The molecule has 0 saturated heterocycles. The minimum atomic E-state index is 0.0633. The van der Waals surface area contributed by atoms with Crippen LogP contribution in [0, 0.1) is 0 Å². The Kier molecular flexibility index (Phi) is 11.7. The zero-order valence-corrected chi connectivity index (χ0v) is 33.1. The predicted octanol–water partition coefficient (Wildman–Crippen LogP) is 11.8. The molecule has 0 unspecified atom stereocenters. The highest BCUT2D eigenvalue weighted by atomic mass is 16.5. The molecular formula is C52H44O8. The topological polar surface area (TPSA) is 95.8 Å². The van der Waals surface area contributed by atoms with Gasteiger partial charge in [-0.3, -0.25) is 0 Å². The Hall–Kier alpha value is -7.58. The van der Waals surface area contributed by atoms with E-state index in [1.807, 2.05) is 133 Å². The van der Waals surface area contributed by atoms with E-state index in [0.717, 1.165) is 43.1 Å². The van der Waals surface area contributed by atoms with E-state index in [-0.39, 0.29) is 51.1 Å². The van der Waals surface area contributed by atoms with Crippen molar-refractivity contribution in [2.75, 3.05) is 39.6 Å². The van der Waals surface area contributed by atoms with Crippen LogP contribution in [-0.2, 0) is 0 Å². The first-order valence-corrected chi connectivity index (χ1v) is 19.5. The van der Waals surface area contributed by atoms with Crippen molar-refractivity contribution in [3.05, 3.63) is 182 Å². The van der Waals surface area contributed by atoms with E-state index >= 15 is 0 Å². The van der Waals surface area contributed by atoms with Gasteiger partial charge in [0.05, 0.1) is 0 Å². The minimum Gasteiger partial charge on any atom is -0.504 e. The number of hydrogen-bond acceptors (Lipinski definition) is 8. The summed E-state index contributed by atoms with van der Waals surface area (Å²) in [6, 6.07) is 46.3. The first-order chi connectivity index (χ1) is 29.3. The lowest BCUT2D eigenvalue weighted by molar-refractivity contribution is 0.260. The zero-order valence-electron chi connectivity index (χ0n) is 33.1. The number of phenols is 2. The van der Waals surface area contributed by atoms with E-state index in [0.29, 0.717) is 51.2 Å². The van der Waals surface area contributed by atoms with E-state index < -0.39 is 0 Å². The van der Waals surface area contributed by atoms with Gasteiger partial charge in [0, 0.05) is 0 Å².